The van der Waals surface area contributed by atoms with Gasteiger partial charge in [0, 0.05) is 17.7 Å². The molecule has 32 heavy (non-hydrogen) atoms. The van der Waals surface area contributed by atoms with Gasteiger partial charge in [-0.25, -0.2) is 14.6 Å². The van der Waals surface area contributed by atoms with Crippen LogP contribution in [0.4, 0.5) is 5.69 Å². The van der Waals surface area contributed by atoms with E-state index in [2.05, 4.69) is 4.99 Å². The normalized spacial score (nSPS) is 14.1. The van der Waals surface area contributed by atoms with Gasteiger partial charge in [0.1, 0.15) is 5.75 Å². The Kier molecular flexibility index (Phi) is 5.59. The molecule has 1 aliphatic rings. The van der Waals surface area contributed by atoms with Crippen molar-refractivity contribution >= 4 is 29.6 Å². The molecule has 0 fully saturated rings. The third-order valence-electron chi connectivity index (χ3n) is 4.57. The van der Waals surface area contributed by atoms with Crippen molar-refractivity contribution < 1.29 is 24.0 Å². The van der Waals surface area contributed by atoms with E-state index in [4.69, 9.17) is 9.47 Å². The SMILES string of the molecule is Cc1cccc(C2=N/C(=C\c3cccc(OC(=O)c4ccc([N+](=O)[O-])cc4)c3)C(=O)O2)c1. The van der Waals surface area contributed by atoms with Gasteiger partial charge >= 0.3 is 11.9 Å². The first-order chi connectivity index (χ1) is 15.4. The lowest BCUT2D eigenvalue weighted by Gasteiger charge is -2.05. The quantitative estimate of drug-likeness (QED) is 0.195. The third-order valence-corrected chi connectivity index (χ3v) is 4.57. The Morgan fingerprint density at radius 2 is 1.81 bits per heavy atom. The van der Waals surface area contributed by atoms with E-state index in [9.17, 15) is 19.7 Å². The van der Waals surface area contributed by atoms with Crippen LogP contribution in [0.25, 0.3) is 6.08 Å². The minimum atomic E-state index is -0.662. The first-order valence-electron chi connectivity index (χ1n) is 9.55. The number of ether oxygens (including phenoxy) is 2. The molecule has 0 atom stereocenters. The van der Waals surface area contributed by atoms with Crippen molar-refractivity contribution in [3.05, 3.63) is 111 Å². The summed E-state index contributed by atoms with van der Waals surface area (Å²) in [5, 5.41) is 10.7. The van der Waals surface area contributed by atoms with Crippen molar-refractivity contribution in [3.8, 4) is 5.75 Å². The van der Waals surface area contributed by atoms with E-state index in [1.165, 1.54) is 30.3 Å². The minimum Gasteiger partial charge on any atom is -0.423 e. The molecule has 0 amide bonds. The molecule has 0 saturated heterocycles. The summed E-state index contributed by atoms with van der Waals surface area (Å²) in [5.74, 6) is -0.762. The van der Waals surface area contributed by atoms with E-state index in [0.717, 1.165) is 5.56 Å². The highest BCUT2D eigenvalue weighted by Crippen LogP contribution is 2.22. The number of cyclic esters (lactones) is 1. The van der Waals surface area contributed by atoms with Gasteiger partial charge in [-0.2, -0.15) is 0 Å². The molecule has 0 saturated carbocycles. The summed E-state index contributed by atoms with van der Waals surface area (Å²) in [4.78, 5) is 39.0. The average Bonchev–Trinajstić information content (AvgIpc) is 3.14. The van der Waals surface area contributed by atoms with Crippen LogP contribution in [0.2, 0.25) is 0 Å². The van der Waals surface area contributed by atoms with Gasteiger partial charge in [-0.1, -0.05) is 29.8 Å². The first kappa shape index (κ1) is 20.7. The van der Waals surface area contributed by atoms with Crippen LogP contribution in [0.3, 0.4) is 0 Å². The number of nitro groups is 1. The molecule has 0 aliphatic carbocycles. The van der Waals surface area contributed by atoms with Crippen LogP contribution in [-0.4, -0.2) is 22.8 Å². The third kappa shape index (κ3) is 4.59. The van der Waals surface area contributed by atoms with Crippen molar-refractivity contribution in [3.63, 3.8) is 0 Å². The number of nitro benzene ring substituents is 1. The van der Waals surface area contributed by atoms with Crippen molar-refractivity contribution in [2.24, 2.45) is 4.99 Å². The summed E-state index contributed by atoms with van der Waals surface area (Å²) in [7, 11) is 0. The van der Waals surface area contributed by atoms with Crippen LogP contribution < -0.4 is 4.74 Å². The molecule has 1 aliphatic heterocycles. The van der Waals surface area contributed by atoms with Crippen LogP contribution in [0.5, 0.6) is 5.75 Å². The fraction of sp³-hybridized carbons (Fsp3) is 0.0417. The average molecular weight is 428 g/mol. The smallest absolute Gasteiger partial charge is 0.363 e. The highest BCUT2D eigenvalue weighted by atomic mass is 16.6. The highest BCUT2D eigenvalue weighted by molar-refractivity contribution is 6.12. The number of hydrogen-bond acceptors (Lipinski definition) is 7. The topological polar surface area (TPSA) is 108 Å². The zero-order valence-corrected chi connectivity index (χ0v) is 16.8. The van der Waals surface area contributed by atoms with E-state index in [0.29, 0.717) is 11.1 Å². The summed E-state index contributed by atoms with van der Waals surface area (Å²) >= 11 is 0. The molecule has 8 heteroatoms. The second-order valence-corrected chi connectivity index (χ2v) is 6.97. The molecule has 3 aromatic rings. The molecule has 3 aromatic carbocycles. The maximum atomic E-state index is 12.3. The number of carbonyl (C=O) groups excluding carboxylic acids is 2. The molecule has 8 nitrogen and oxygen atoms in total. The molecule has 1 heterocycles. The van der Waals surface area contributed by atoms with E-state index in [-0.39, 0.29) is 28.6 Å². The highest BCUT2D eigenvalue weighted by Gasteiger charge is 2.24. The maximum Gasteiger partial charge on any atom is 0.363 e. The van der Waals surface area contributed by atoms with Crippen LogP contribution in [-0.2, 0) is 9.53 Å². The van der Waals surface area contributed by atoms with Gasteiger partial charge in [-0.05, 0) is 55.0 Å². The minimum absolute atomic E-state index is 0.121. The Labute approximate surface area is 182 Å². The van der Waals surface area contributed by atoms with Gasteiger partial charge in [0.2, 0.25) is 5.90 Å². The monoisotopic (exact) mass is 428 g/mol. The van der Waals surface area contributed by atoms with Gasteiger partial charge in [-0.3, -0.25) is 10.1 Å². The van der Waals surface area contributed by atoms with Crippen molar-refractivity contribution in [1.29, 1.82) is 0 Å². The number of hydrogen-bond donors (Lipinski definition) is 0. The van der Waals surface area contributed by atoms with Crippen LogP contribution in [0.1, 0.15) is 27.0 Å². The van der Waals surface area contributed by atoms with Crippen LogP contribution in [0.15, 0.2) is 83.5 Å². The summed E-state index contributed by atoms with van der Waals surface area (Å²) in [6, 6.07) is 19.1. The lowest BCUT2D eigenvalue weighted by Crippen LogP contribution is -2.08. The number of non-ortho nitro benzene ring substituents is 1. The number of benzene rings is 3. The predicted octanol–water partition coefficient (Wildman–Crippen LogP) is 4.47. The second-order valence-electron chi connectivity index (χ2n) is 6.97. The summed E-state index contributed by atoms with van der Waals surface area (Å²) in [6.45, 7) is 1.93. The number of nitrogens with zero attached hydrogens (tertiary/aromatic N) is 2. The molecule has 158 valence electrons. The largest absolute Gasteiger partial charge is 0.423 e. The van der Waals surface area contributed by atoms with Gasteiger partial charge in [-0.15, -0.1) is 0 Å². The number of carbonyl (C=O) groups is 2. The summed E-state index contributed by atoms with van der Waals surface area (Å²) < 4.78 is 10.6. The molecular weight excluding hydrogens is 412 g/mol. The summed E-state index contributed by atoms with van der Waals surface area (Å²) in [6.07, 6.45) is 1.54. The van der Waals surface area contributed by atoms with Gasteiger partial charge in [0.05, 0.1) is 10.5 Å². The van der Waals surface area contributed by atoms with E-state index >= 15 is 0 Å². The van der Waals surface area contributed by atoms with Crippen LogP contribution >= 0.6 is 0 Å². The maximum absolute atomic E-state index is 12.3. The lowest BCUT2D eigenvalue weighted by molar-refractivity contribution is -0.384. The van der Waals surface area contributed by atoms with Gasteiger partial charge in [0.15, 0.2) is 5.70 Å². The Morgan fingerprint density at radius 3 is 2.53 bits per heavy atom. The number of aryl methyl sites for hydroxylation is 1. The molecule has 0 N–H and O–H groups in total. The second kappa shape index (κ2) is 8.65. The summed E-state index contributed by atoms with van der Waals surface area (Å²) in [5.41, 5.74) is 2.48. The zero-order chi connectivity index (χ0) is 22.7. The van der Waals surface area contributed by atoms with E-state index < -0.39 is 16.9 Å². The molecule has 0 unspecified atom stereocenters. The standard InChI is InChI=1S/C24H16N2O6/c1-15-4-2-6-18(12-15)22-25-21(24(28)32-22)14-16-5-3-7-20(13-16)31-23(27)17-8-10-19(11-9-17)26(29)30/h2-14H,1H3/b21-14-. The Hall–Kier alpha value is -4.59. The molecule has 0 bridgehead atoms. The Balaban J connectivity index is 1.52. The van der Waals surface area contributed by atoms with E-state index in [1.54, 1.807) is 30.3 Å². The molecule has 4 rings (SSSR count). The van der Waals surface area contributed by atoms with Crippen molar-refractivity contribution in [2.75, 3.05) is 0 Å². The number of esters is 2. The van der Waals surface area contributed by atoms with E-state index in [1.807, 2.05) is 25.1 Å². The number of aliphatic imine (C=N–C) groups is 1. The lowest BCUT2D eigenvalue weighted by atomic mass is 10.1. The number of rotatable bonds is 5. The molecule has 0 spiro atoms. The van der Waals surface area contributed by atoms with Crippen molar-refractivity contribution in [2.45, 2.75) is 6.92 Å². The van der Waals surface area contributed by atoms with Crippen LogP contribution in [0, 0.1) is 17.0 Å². The molecular formula is C24H16N2O6. The first-order valence-corrected chi connectivity index (χ1v) is 9.55. The Morgan fingerprint density at radius 1 is 1.06 bits per heavy atom. The van der Waals surface area contributed by atoms with Gasteiger partial charge < -0.3 is 9.47 Å². The van der Waals surface area contributed by atoms with Crippen molar-refractivity contribution in [1.82, 2.24) is 0 Å². The van der Waals surface area contributed by atoms with Gasteiger partial charge in [0.25, 0.3) is 5.69 Å². The molecule has 0 radical (unpaired) electrons. The molecule has 0 aromatic heterocycles. The fourth-order valence-electron chi connectivity index (χ4n) is 3.02. The predicted molar refractivity (Wildman–Crippen MR) is 116 cm³/mol. The zero-order valence-electron chi connectivity index (χ0n) is 16.8. The fourth-order valence-corrected chi connectivity index (χ4v) is 3.02. The Bertz CT molecular complexity index is 1290.